The zero-order valence-corrected chi connectivity index (χ0v) is 16.9. The molecule has 3 aromatic rings. The van der Waals surface area contributed by atoms with Gasteiger partial charge >= 0.3 is 5.97 Å². The highest BCUT2D eigenvalue weighted by Gasteiger charge is 2.29. The van der Waals surface area contributed by atoms with Gasteiger partial charge in [0, 0.05) is 5.69 Å². The molecule has 1 heterocycles. The van der Waals surface area contributed by atoms with Crippen LogP contribution in [0.25, 0.3) is 11.0 Å². The lowest BCUT2D eigenvalue weighted by Gasteiger charge is -2.20. The molecule has 0 aliphatic carbocycles. The van der Waals surface area contributed by atoms with Gasteiger partial charge in [-0.3, -0.25) is 9.59 Å². The van der Waals surface area contributed by atoms with Crippen LogP contribution in [0.5, 0.6) is 0 Å². The Bertz CT molecular complexity index is 1010. The summed E-state index contributed by atoms with van der Waals surface area (Å²) in [6.45, 7) is 3.47. The maximum Gasteiger partial charge on any atom is 0.313 e. The summed E-state index contributed by atoms with van der Waals surface area (Å²) < 4.78 is 1.93. The van der Waals surface area contributed by atoms with Crippen molar-refractivity contribution in [2.45, 2.75) is 31.6 Å². The summed E-state index contributed by atoms with van der Waals surface area (Å²) in [6, 6.07) is 14.7. The Kier molecular flexibility index (Phi) is 5.74. The number of hydrogen-bond donors (Lipinski definition) is 2. The molecule has 28 heavy (non-hydrogen) atoms. The van der Waals surface area contributed by atoms with Gasteiger partial charge in [-0.2, -0.15) is 11.8 Å². The Morgan fingerprint density at radius 2 is 1.82 bits per heavy atom. The van der Waals surface area contributed by atoms with Gasteiger partial charge in [0.25, 0.3) is 0 Å². The molecule has 0 saturated carbocycles. The number of aliphatic carboxylic acids is 1. The smallest absolute Gasteiger partial charge is 0.313 e. The number of thioether (sulfide) groups is 1. The molecule has 0 aliphatic heterocycles. The minimum atomic E-state index is -0.981. The molecule has 2 aromatic carbocycles. The first-order valence-electron chi connectivity index (χ1n) is 8.90. The van der Waals surface area contributed by atoms with Crippen LogP contribution in [0.15, 0.2) is 48.5 Å². The molecule has 3 rings (SSSR count). The lowest BCUT2D eigenvalue weighted by molar-refractivity contribution is -0.142. The fourth-order valence-electron chi connectivity index (χ4n) is 2.98. The zero-order chi connectivity index (χ0) is 20.3. The number of carbonyl (C=O) groups excluding carboxylic acids is 1. The quantitative estimate of drug-likeness (QED) is 0.632. The monoisotopic (exact) mass is 397 g/mol. The number of aromatic nitrogens is 2. The normalized spacial score (nSPS) is 11.5. The van der Waals surface area contributed by atoms with E-state index in [-0.39, 0.29) is 12.5 Å². The summed E-state index contributed by atoms with van der Waals surface area (Å²) in [5.41, 5.74) is 2.14. The Hall–Kier alpha value is -2.80. The molecular weight excluding hydrogens is 374 g/mol. The van der Waals surface area contributed by atoms with Crippen LogP contribution in [0.2, 0.25) is 0 Å². The summed E-state index contributed by atoms with van der Waals surface area (Å²) in [5.74, 6) is 0.539. The maximum absolute atomic E-state index is 12.6. The molecular formula is C21H23N3O3S. The SMILES string of the molecule is CSCc1nc2ccccc2n1CC(=O)Nc1ccc(C(C)(C)C(=O)O)cc1. The highest BCUT2D eigenvalue weighted by molar-refractivity contribution is 7.97. The zero-order valence-electron chi connectivity index (χ0n) is 16.1. The summed E-state index contributed by atoms with van der Waals surface area (Å²) in [6.07, 6.45) is 2.00. The molecule has 146 valence electrons. The van der Waals surface area contributed by atoms with E-state index in [0.717, 1.165) is 22.6 Å². The van der Waals surface area contributed by atoms with E-state index in [1.165, 1.54) is 0 Å². The number of hydrogen-bond acceptors (Lipinski definition) is 4. The average Bonchev–Trinajstić information content (AvgIpc) is 3.00. The predicted molar refractivity (Wildman–Crippen MR) is 113 cm³/mol. The number of nitrogens with one attached hydrogen (secondary N) is 1. The van der Waals surface area contributed by atoms with E-state index in [4.69, 9.17) is 0 Å². The number of fused-ring (bicyclic) bond motifs is 1. The third-order valence-electron chi connectivity index (χ3n) is 4.73. The van der Waals surface area contributed by atoms with Gasteiger partial charge in [-0.25, -0.2) is 4.98 Å². The molecule has 0 fully saturated rings. The number of imidazole rings is 1. The summed E-state index contributed by atoms with van der Waals surface area (Å²) in [7, 11) is 0. The molecule has 0 radical (unpaired) electrons. The predicted octanol–water partition coefficient (Wildman–Crippen LogP) is 3.90. The number of rotatable bonds is 7. The molecule has 0 unspecified atom stereocenters. The Morgan fingerprint density at radius 1 is 1.14 bits per heavy atom. The number of nitrogens with zero attached hydrogens (tertiary/aromatic N) is 2. The standard InChI is InChI=1S/C21H23N3O3S/c1-21(2,20(26)27)14-8-10-15(11-9-14)22-19(25)12-24-17-7-5-4-6-16(17)23-18(24)13-28-3/h4-11H,12-13H2,1-3H3,(H,22,25)(H,26,27). The molecule has 1 amide bonds. The van der Waals surface area contributed by atoms with Crippen LogP contribution >= 0.6 is 11.8 Å². The van der Waals surface area contributed by atoms with Crippen LogP contribution in [0.1, 0.15) is 25.2 Å². The summed E-state index contributed by atoms with van der Waals surface area (Å²) in [5, 5.41) is 12.2. The molecule has 1 aromatic heterocycles. The van der Waals surface area contributed by atoms with Crippen molar-refractivity contribution < 1.29 is 14.7 Å². The lowest BCUT2D eigenvalue weighted by atomic mass is 9.85. The number of amides is 1. The number of benzene rings is 2. The fourth-order valence-corrected chi connectivity index (χ4v) is 3.46. The van der Waals surface area contributed by atoms with Crippen molar-refractivity contribution in [3.05, 3.63) is 59.9 Å². The van der Waals surface area contributed by atoms with Crippen molar-refractivity contribution in [2.75, 3.05) is 11.6 Å². The number of anilines is 1. The lowest BCUT2D eigenvalue weighted by Crippen LogP contribution is -2.28. The first-order valence-corrected chi connectivity index (χ1v) is 10.3. The molecule has 0 bridgehead atoms. The largest absolute Gasteiger partial charge is 0.481 e. The van der Waals surface area contributed by atoms with Gasteiger partial charge in [-0.05, 0) is 49.9 Å². The summed E-state index contributed by atoms with van der Waals surface area (Å²) in [4.78, 5) is 28.6. The number of carboxylic acid groups (broad SMARTS) is 1. The van der Waals surface area contributed by atoms with Crippen molar-refractivity contribution in [2.24, 2.45) is 0 Å². The van der Waals surface area contributed by atoms with Crippen molar-refractivity contribution in [1.29, 1.82) is 0 Å². The third kappa shape index (κ3) is 4.04. The topological polar surface area (TPSA) is 84.2 Å². The Morgan fingerprint density at radius 3 is 2.46 bits per heavy atom. The second-order valence-electron chi connectivity index (χ2n) is 7.09. The van der Waals surface area contributed by atoms with E-state index in [9.17, 15) is 14.7 Å². The molecule has 7 heteroatoms. The van der Waals surface area contributed by atoms with Crippen molar-refractivity contribution in [3.8, 4) is 0 Å². The van der Waals surface area contributed by atoms with Crippen LogP contribution < -0.4 is 5.32 Å². The minimum Gasteiger partial charge on any atom is -0.481 e. The van der Waals surface area contributed by atoms with Gasteiger partial charge in [-0.1, -0.05) is 24.3 Å². The summed E-state index contributed by atoms with van der Waals surface area (Å²) >= 11 is 1.66. The van der Waals surface area contributed by atoms with Crippen molar-refractivity contribution in [3.63, 3.8) is 0 Å². The van der Waals surface area contributed by atoms with Crippen molar-refractivity contribution >= 4 is 40.4 Å². The molecule has 6 nitrogen and oxygen atoms in total. The van der Waals surface area contributed by atoms with Gasteiger partial charge < -0.3 is 15.0 Å². The van der Waals surface area contributed by atoms with Gasteiger partial charge in [0.2, 0.25) is 5.91 Å². The van der Waals surface area contributed by atoms with Crippen LogP contribution in [0.4, 0.5) is 5.69 Å². The van der Waals surface area contributed by atoms with Crippen LogP contribution in [-0.2, 0) is 27.3 Å². The Labute approximate surface area is 168 Å². The third-order valence-corrected chi connectivity index (χ3v) is 5.28. The number of para-hydroxylation sites is 2. The van der Waals surface area contributed by atoms with Gasteiger partial charge in [0.15, 0.2) is 0 Å². The fraction of sp³-hybridized carbons (Fsp3) is 0.286. The second-order valence-corrected chi connectivity index (χ2v) is 7.96. The molecule has 2 N–H and O–H groups in total. The first-order chi connectivity index (χ1) is 13.3. The van der Waals surface area contributed by atoms with Crippen LogP contribution in [0.3, 0.4) is 0 Å². The van der Waals surface area contributed by atoms with E-state index >= 15 is 0 Å². The molecule has 0 aliphatic rings. The number of carbonyl (C=O) groups is 2. The highest BCUT2D eigenvalue weighted by atomic mass is 32.2. The highest BCUT2D eigenvalue weighted by Crippen LogP contribution is 2.25. The van der Waals surface area contributed by atoms with Crippen molar-refractivity contribution in [1.82, 2.24) is 9.55 Å². The van der Waals surface area contributed by atoms with E-state index in [1.807, 2.05) is 35.1 Å². The van der Waals surface area contributed by atoms with Gasteiger partial charge in [-0.15, -0.1) is 0 Å². The minimum absolute atomic E-state index is 0.157. The second kappa shape index (κ2) is 8.06. The van der Waals surface area contributed by atoms with E-state index in [1.54, 1.807) is 49.9 Å². The molecule has 0 saturated heterocycles. The van der Waals surface area contributed by atoms with Crippen LogP contribution in [-0.4, -0.2) is 32.8 Å². The van der Waals surface area contributed by atoms with Gasteiger partial charge in [0.1, 0.15) is 12.4 Å². The Balaban J connectivity index is 1.77. The average molecular weight is 398 g/mol. The number of carboxylic acids is 1. The van der Waals surface area contributed by atoms with E-state index < -0.39 is 11.4 Å². The first kappa shape index (κ1) is 19.9. The maximum atomic E-state index is 12.6. The van der Waals surface area contributed by atoms with Crippen LogP contribution in [0, 0.1) is 0 Å². The van der Waals surface area contributed by atoms with E-state index in [2.05, 4.69) is 10.3 Å². The van der Waals surface area contributed by atoms with Gasteiger partial charge in [0.05, 0.1) is 22.2 Å². The van der Waals surface area contributed by atoms with E-state index in [0.29, 0.717) is 11.3 Å². The molecule has 0 atom stereocenters. The molecule has 0 spiro atoms.